The summed E-state index contributed by atoms with van der Waals surface area (Å²) in [7, 11) is 0. The van der Waals surface area contributed by atoms with Gasteiger partial charge in [-0.05, 0) is 88.6 Å². The fourth-order valence-electron chi connectivity index (χ4n) is 3.79. The van der Waals surface area contributed by atoms with Crippen molar-refractivity contribution in [1.29, 1.82) is 0 Å². The highest BCUT2D eigenvalue weighted by Crippen LogP contribution is 2.38. The van der Waals surface area contributed by atoms with Crippen LogP contribution in [0.4, 0.5) is 0 Å². The largest absolute Gasteiger partial charge is 0.490 e. The lowest BCUT2D eigenvalue weighted by Gasteiger charge is -2.26. The molecule has 0 bridgehead atoms. The van der Waals surface area contributed by atoms with Crippen molar-refractivity contribution in [2.75, 3.05) is 0 Å². The number of allylic oxidation sites excluding steroid dienone is 4. The number of amides is 1. The van der Waals surface area contributed by atoms with E-state index in [1.165, 1.54) is 18.4 Å². The van der Waals surface area contributed by atoms with Crippen LogP contribution in [0.15, 0.2) is 35.9 Å². The van der Waals surface area contributed by atoms with Gasteiger partial charge in [0.15, 0.2) is 0 Å². The van der Waals surface area contributed by atoms with Crippen molar-refractivity contribution in [2.45, 2.75) is 92.1 Å². The molecular weight excluding hydrogens is 376 g/mol. The zero-order valence-corrected chi connectivity index (χ0v) is 19.8. The molecule has 0 heterocycles. The predicted molar refractivity (Wildman–Crippen MR) is 125 cm³/mol. The Morgan fingerprint density at radius 1 is 1.20 bits per heavy atom. The maximum atomic E-state index is 12.5. The van der Waals surface area contributed by atoms with Crippen LogP contribution >= 0.6 is 0 Å². The first kappa shape index (κ1) is 25.9. The van der Waals surface area contributed by atoms with E-state index in [1.54, 1.807) is 0 Å². The second-order valence-electron chi connectivity index (χ2n) is 7.78. The Balaban J connectivity index is 0.00000218. The molecule has 0 spiro atoms. The lowest BCUT2D eigenvalue weighted by molar-refractivity contribution is -0.138. The summed E-state index contributed by atoms with van der Waals surface area (Å²) in [6.07, 6.45) is 10.1. The van der Waals surface area contributed by atoms with Crippen LogP contribution in [0.1, 0.15) is 91.7 Å². The van der Waals surface area contributed by atoms with Crippen LogP contribution in [0, 0.1) is 0 Å². The van der Waals surface area contributed by atoms with Crippen molar-refractivity contribution in [2.24, 2.45) is 5.90 Å². The van der Waals surface area contributed by atoms with Crippen molar-refractivity contribution in [3.63, 3.8) is 0 Å². The fraction of sp³-hybridized carbons (Fsp3) is 0.560. The molecule has 5 heteroatoms. The molecule has 1 amide bonds. The highest BCUT2D eigenvalue weighted by atomic mass is 16.8. The minimum absolute atomic E-state index is 0.264. The number of nitrogens with one attached hydrogen (secondary N) is 1. The fourth-order valence-corrected chi connectivity index (χ4v) is 3.79. The average Bonchev–Trinajstić information content (AvgIpc) is 3.27. The number of hydrogen-bond acceptors (Lipinski definition) is 4. The standard InChI is InChI=1S/C23H34N2O3.C2H6/c1-6-16(7-2)19(8-3)20-15-17(23(4,5)22(26)25-28-24)13-14-21(20)27-18-11-9-10-12-18;1-2/h6,8,13-15,18H,7,9-12,24H2,1-5H3,(H,25,26);1-2H3/b16-6-,19-8+;. The summed E-state index contributed by atoms with van der Waals surface area (Å²) in [6, 6.07) is 6.01. The Labute approximate surface area is 182 Å². The zero-order chi connectivity index (χ0) is 22.7. The number of benzene rings is 1. The summed E-state index contributed by atoms with van der Waals surface area (Å²) in [6.45, 7) is 13.9. The van der Waals surface area contributed by atoms with Gasteiger partial charge >= 0.3 is 0 Å². The maximum Gasteiger partial charge on any atom is 0.255 e. The van der Waals surface area contributed by atoms with Gasteiger partial charge in [0.05, 0.1) is 11.5 Å². The molecule has 3 N–H and O–H groups in total. The normalized spacial score (nSPS) is 15.5. The van der Waals surface area contributed by atoms with Gasteiger partial charge in [-0.25, -0.2) is 5.48 Å². The molecule has 0 atom stereocenters. The summed E-state index contributed by atoms with van der Waals surface area (Å²) in [5.74, 6) is 5.61. The zero-order valence-electron chi connectivity index (χ0n) is 19.8. The quantitative estimate of drug-likeness (QED) is 0.403. The number of hydroxylamine groups is 1. The van der Waals surface area contributed by atoms with Gasteiger partial charge in [-0.15, -0.1) is 0 Å². The van der Waals surface area contributed by atoms with Crippen molar-refractivity contribution < 1.29 is 14.5 Å². The summed E-state index contributed by atoms with van der Waals surface area (Å²) in [4.78, 5) is 16.8. The topological polar surface area (TPSA) is 73.6 Å². The predicted octanol–water partition coefficient (Wildman–Crippen LogP) is 5.99. The molecule has 168 valence electrons. The molecule has 2 rings (SSSR count). The van der Waals surface area contributed by atoms with Gasteiger partial charge in [0.1, 0.15) is 5.75 Å². The van der Waals surface area contributed by atoms with Crippen molar-refractivity contribution in [1.82, 2.24) is 5.48 Å². The summed E-state index contributed by atoms with van der Waals surface area (Å²) in [5.41, 5.74) is 5.74. The first-order valence-electron chi connectivity index (χ1n) is 11.2. The van der Waals surface area contributed by atoms with Crippen LogP contribution in [-0.4, -0.2) is 12.0 Å². The minimum Gasteiger partial charge on any atom is -0.490 e. The van der Waals surface area contributed by atoms with Gasteiger partial charge in [-0.3, -0.25) is 4.79 Å². The number of nitrogens with two attached hydrogens (primary N) is 1. The van der Waals surface area contributed by atoms with E-state index >= 15 is 0 Å². The minimum atomic E-state index is -0.804. The highest BCUT2D eigenvalue weighted by Gasteiger charge is 2.31. The third-order valence-electron chi connectivity index (χ3n) is 5.67. The Morgan fingerprint density at radius 2 is 1.83 bits per heavy atom. The smallest absolute Gasteiger partial charge is 0.255 e. The second-order valence-corrected chi connectivity index (χ2v) is 7.78. The van der Waals surface area contributed by atoms with Gasteiger partial charge < -0.3 is 4.74 Å². The third kappa shape index (κ3) is 6.19. The first-order valence-corrected chi connectivity index (χ1v) is 11.2. The summed E-state index contributed by atoms with van der Waals surface area (Å²) >= 11 is 0. The Bertz CT molecular complexity index is 745. The number of carbonyl (C=O) groups excluding carboxylic acids is 1. The van der Waals surface area contributed by atoms with Gasteiger partial charge in [0.25, 0.3) is 5.91 Å². The molecule has 0 aromatic heterocycles. The van der Waals surface area contributed by atoms with Crippen LogP contribution in [-0.2, 0) is 15.1 Å². The van der Waals surface area contributed by atoms with Crippen molar-refractivity contribution in [3.05, 3.63) is 47.1 Å². The molecule has 0 aliphatic heterocycles. The van der Waals surface area contributed by atoms with E-state index in [0.29, 0.717) is 0 Å². The molecule has 0 radical (unpaired) electrons. The van der Waals surface area contributed by atoms with Gasteiger partial charge in [-0.2, -0.15) is 10.8 Å². The lowest BCUT2D eigenvalue weighted by Crippen LogP contribution is -2.41. The first-order chi connectivity index (χ1) is 14.4. The summed E-state index contributed by atoms with van der Waals surface area (Å²) in [5, 5.41) is 0. The van der Waals surface area contributed by atoms with E-state index in [1.807, 2.05) is 46.8 Å². The molecule has 1 aromatic rings. The third-order valence-corrected chi connectivity index (χ3v) is 5.67. The second kappa shape index (κ2) is 12.6. The molecule has 1 aliphatic rings. The number of carbonyl (C=O) groups is 1. The van der Waals surface area contributed by atoms with Crippen LogP contribution in [0.3, 0.4) is 0 Å². The van der Waals surface area contributed by atoms with Gasteiger partial charge in [0, 0.05) is 5.56 Å². The monoisotopic (exact) mass is 416 g/mol. The van der Waals surface area contributed by atoms with Crippen LogP contribution in [0.2, 0.25) is 0 Å². The van der Waals surface area contributed by atoms with E-state index in [0.717, 1.165) is 41.7 Å². The van der Waals surface area contributed by atoms with Crippen LogP contribution < -0.4 is 16.1 Å². The molecular formula is C25H40N2O3. The molecule has 5 nitrogen and oxygen atoms in total. The number of rotatable bonds is 8. The van der Waals surface area contributed by atoms with E-state index in [4.69, 9.17) is 10.6 Å². The number of hydrogen-bond donors (Lipinski definition) is 2. The lowest BCUT2D eigenvalue weighted by atomic mass is 9.81. The van der Waals surface area contributed by atoms with E-state index in [9.17, 15) is 4.79 Å². The molecule has 1 aliphatic carbocycles. The highest BCUT2D eigenvalue weighted by molar-refractivity contribution is 5.88. The van der Waals surface area contributed by atoms with Crippen LogP contribution in [0.5, 0.6) is 5.75 Å². The van der Waals surface area contributed by atoms with Gasteiger partial charge in [0.2, 0.25) is 0 Å². The van der Waals surface area contributed by atoms with Crippen LogP contribution in [0.25, 0.3) is 5.57 Å². The Hall–Kier alpha value is -2.11. The van der Waals surface area contributed by atoms with Gasteiger partial charge in [-0.1, -0.05) is 39.0 Å². The van der Waals surface area contributed by atoms with Crippen molar-refractivity contribution >= 4 is 11.5 Å². The average molecular weight is 417 g/mol. The number of ether oxygens (including phenoxy) is 1. The van der Waals surface area contributed by atoms with E-state index in [-0.39, 0.29) is 12.0 Å². The Kier molecular flexibility index (Phi) is 10.8. The molecule has 1 saturated carbocycles. The maximum absolute atomic E-state index is 12.5. The summed E-state index contributed by atoms with van der Waals surface area (Å²) < 4.78 is 6.39. The molecule has 0 saturated heterocycles. The Morgan fingerprint density at radius 3 is 2.33 bits per heavy atom. The molecule has 1 aromatic carbocycles. The molecule has 1 fully saturated rings. The van der Waals surface area contributed by atoms with E-state index in [2.05, 4.69) is 42.5 Å². The SMILES string of the molecule is C/C=C(CC)\C(=C/C)c1cc(C(C)(C)C(=O)NON)ccc1OC1CCCC1.CC. The molecule has 0 unspecified atom stereocenters. The van der Waals surface area contributed by atoms with Crippen molar-refractivity contribution in [3.8, 4) is 5.75 Å². The van der Waals surface area contributed by atoms with E-state index < -0.39 is 5.41 Å². The molecule has 30 heavy (non-hydrogen) atoms.